The molecule has 0 radical (unpaired) electrons. The molecule has 2 heterocycles. The summed E-state index contributed by atoms with van der Waals surface area (Å²) in [6, 6.07) is 5.57. The van der Waals surface area contributed by atoms with E-state index in [9.17, 15) is 4.79 Å². The van der Waals surface area contributed by atoms with Gasteiger partial charge < -0.3 is 16.0 Å². The molecule has 3 N–H and O–H groups in total. The van der Waals surface area contributed by atoms with Gasteiger partial charge >= 0.3 is 0 Å². The molecule has 1 unspecified atom stereocenters. The molecule has 23 heavy (non-hydrogen) atoms. The van der Waals surface area contributed by atoms with Gasteiger partial charge in [0.2, 0.25) is 5.91 Å². The molecule has 1 fully saturated rings. The Bertz CT molecular complexity index is 543. The van der Waals surface area contributed by atoms with Crippen LogP contribution < -0.4 is 16.0 Å². The number of guanidine groups is 1. The summed E-state index contributed by atoms with van der Waals surface area (Å²) >= 11 is 2.01. The van der Waals surface area contributed by atoms with Gasteiger partial charge in [-0.25, -0.2) is 4.98 Å². The molecule has 6 nitrogen and oxygen atoms in total. The molecule has 0 saturated carbocycles. The Labute approximate surface area is 141 Å². The fourth-order valence-electron chi connectivity index (χ4n) is 2.35. The summed E-state index contributed by atoms with van der Waals surface area (Å²) in [5, 5.41) is 9.95. The van der Waals surface area contributed by atoms with Gasteiger partial charge in [0, 0.05) is 37.5 Å². The number of aliphatic imine (C=N–C) groups is 1. The lowest BCUT2D eigenvalue weighted by Crippen LogP contribution is -2.41. The molecule has 0 aromatic carbocycles. The number of amides is 1. The van der Waals surface area contributed by atoms with E-state index >= 15 is 0 Å². The van der Waals surface area contributed by atoms with Crippen LogP contribution >= 0.6 is 11.8 Å². The molecule has 0 spiro atoms. The fourth-order valence-corrected chi connectivity index (χ4v) is 3.55. The minimum absolute atomic E-state index is 0.0580. The number of nitrogens with zero attached hydrogens (tertiary/aromatic N) is 2. The van der Waals surface area contributed by atoms with Crippen LogP contribution in [0.25, 0.3) is 0 Å². The molecule has 1 aliphatic rings. The molecule has 7 heteroatoms. The minimum atomic E-state index is -0.0580. The maximum atomic E-state index is 11.9. The van der Waals surface area contributed by atoms with Crippen LogP contribution in [-0.2, 0) is 4.79 Å². The number of hydrogen-bond acceptors (Lipinski definition) is 4. The second-order valence-electron chi connectivity index (χ2n) is 5.48. The van der Waals surface area contributed by atoms with Gasteiger partial charge in [-0.2, -0.15) is 11.8 Å². The quantitative estimate of drug-likeness (QED) is 0.545. The smallest absolute Gasteiger partial charge is 0.227 e. The van der Waals surface area contributed by atoms with E-state index in [1.54, 1.807) is 13.1 Å². The second kappa shape index (κ2) is 9.39. The Hall–Kier alpha value is -1.76. The van der Waals surface area contributed by atoms with Crippen molar-refractivity contribution in [2.75, 3.05) is 31.2 Å². The molecular weight excluding hydrogens is 310 g/mol. The Balaban J connectivity index is 1.65. The summed E-state index contributed by atoms with van der Waals surface area (Å²) in [7, 11) is 1.74. The monoisotopic (exact) mass is 335 g/mol. The molecule has 1 saturated heterocycles. The van der Waals surface area contributed by atoms with Crippen LogP contribution in [0.2, 0.25) is 0 Å². The topological polar surface area (TPSA) is 78.4 Å². The Morgan fingerprint density at radius 3 is 3.00 bits per heavy atom. The standard InChI is InChI=1S/C16H25N5OS/c1-12-5-3-7-14(20-12)21-15(22)8-9-18-16(17-2)19-11-13-6-4-10-23-13/h3,5,7,13H,4,6,8-11H2,1-2H3,(H2,17,18,19)(H,20,21,22). The molecule has 1 amide bonds. The van der Waals surface area contributed by atoms with E-state index < -0.39 is 0 Å². The number of anilines is 1. The van der Waals surface area contributed by atoms with Crippen molar-refractivity contribution in [3.8, 4) is 0 Å². The molecule has 0 aliphatic carbocycles. The summed E-state index contributed by atoms with van der Waals surface area (Å²) in [6.45, 7) is 3.36. The van der Waals surface area contributed by atoms with Gasteiger partial charge in [-0.3, -0.25) is 9.79 Å². The van der Waals surface area contributed by atoms with Crippen molar-refractivity contribution >= 4 is 29.4 Å². The van der Waals surface area contributed by atoms with E-state index in [-0.39, 0.29) is 5.91 Å². The van der Waals surface area contributed by atoms with Crippen molar-refractivity contribution < 1.29 is 4.79 Å². The first-order valence-corrected chi connectivity index (χ1v) is 9.02. The lowest BCUT2D eigenvalue weighted by atomic mass is 10.2. The average molecular weight is 335 g/mol. The first-order chi connectivity index (χ1) is 11.2. The number of pyridine rings is 1. The minimum Gasteiger partial charge on any atom is -0.356 e. The van der Waals surface area contributed by atoms with Gasteiger partial charge in [0.05, 0.1) is 0 Å². The van der Waals surface area contributed by atoms with Crippen molar-refractivity contribution in [2.24, 2.45) is 4.99 Å². The van der Waals surface area contributed by atoms with Crippen LogP contribution in [0.4, 0.5) is 5.82 Å². The number of aryl methyl sites for hydroxylation is 1. The summed E-state index contributed by atoms with van der Waals surface area (Å²) in [6.07, 6.45) is 2.94. The van der Waals surface area contributed by atoms with Gasteiger partial charge in [0.1, 0.15) is 5.82 Å². The SMILES string of the molecule is CN=C(NCCC(=O)Nc1cccc(C)n1)NCC1CCCS1. The van der Waals surface area contributed by atoms with Crippen molar-refractivity contribution in [2.45, 2.75) is 31.4 Å². The van der Waals surface area contributed by atoms with Gasteiger partial charge in [-0.15, -0.1) is 0 Å². The normalized spacial score (nSPS) is 17.8. The summed E-state index contributed by atoms with van der Waals surface area (Å²) in [5.41, 5.74) is 0.885. The molecule has 1 aromatic heterocycles. The maximum absolute atomic E-state index is 11.9. The number of aromatic nitrogens is 1. The summed E-state index contributed by atoms with van der Waals surface area (Å²) < 4.78 is 0. The molecule has 1 aromatic rings. The number of carbonyl (C=O) groups excluding carboxylic acids is 1. The predicted octanol–water partition coefficient (Wildman–Crippen LogP) is 1.78. The van der Waals surface area contributed by atoms with E-state index in [1.807, 2.05) is 30.8 Å². The molecule has 2 rings (SSSR count). The van der Waals surface area contributed by atoms with Crippen LogP contribution in [-0.4, -0.2) is 48.0 Å². The summed E-state index contributed by atoms with van der Waals surface area (Å²) in [4.78, 5) is 20.3. The highest BCUT2D eigenvalue weighted by molar-refractivity contribution is 8.00. The van der Waals surface area contributed by atoms with Crippen molar-refractivity contribution in [3.05, 3.63) is 23.9 Å². The maximum Gasteiger partial charge on any atom is 0.227 e. The number of hydrogen-bond donors (Lipinski definition) is 3. The Kier molecular flexibility index (Phi) is 7.19. The zero-order valence-corrected chi connectivity index (χ0v) is 14.6. The van der Waals surface area contributed by atoms with Crippen LogP contribution in [0.1, 0.15) is 25.0 Å². The zero-order chi connectivity index (χ0) is 16.5. The lowest BCUT2D eigenvalue weighted by molar-refractivity contribution is -0.116. The highest BCUT2D eigenvalue weighted by atomic mass is 32.2. The Morgan fingerprint density at radius 2 is 2.30 bits per heavy atom. The third kappa shape index (κ3) is 6.48. The number of carbonyl (C=O) groups is 1. The van der Waals surface area contributed by atoms with Gasteiger partial charge in [-0.05, 0) is 37.7 Å². The average Bonchev–Trinajstić information content (AvgIpc) is 3.04. The molecule has 1 atom stereocenters. The van der Waals surface area contributed by atoms with Gasteiger partial charge in [-0.1, -0.05) is 6.07 Å². The largest absolute Gasteiger partial charge is 0.356 e. The van der Waals surface area contributed by atoms with Crippen molar-refractivity contribution in [1.82, 2.24) is 15.6 Å². The number of rotatable bonds is 6. The van der Waals surface area contributed by atoms with E-state index in [4.69, 9.17) is 0 Å². The summed E-state index contributed by atoms with van der Waals surface area (Å²) in [5.74, 6) is 2.54. The lowest BCUT2D eigenvalue weighted by Gasteiger charge is -2.14. The number of thioether (sulfide) groups is 1. The van der Waals surface area contributed by atoms with Crippen LogP contribution in [0.3, 0.4) is 0 Å². The van der Waals surface area contributed by atoms with E-state index in [1.165, 1.54) is 18.6 Å². The van der Waals surface area contributed by atoms with E-state index in [0.717, 1.165) is 18.2 Å². The highest BCUT2D eigenvalue weighted by Gasteiger charge is 2.15. The van der Waals surface area contributed by atoms with Crippen LogP contribution in [0.5, 0.6) is 0 Å². The second-order valence-corrected chi connectivity index (χ2v) is 6.89. The third-order valence-electron chi connectivity index (χ3n) is 3.55. The van der Waals surface area contributed by atoms with E-state index in [2.05, 4.69) is 25.9 Å². The Morgan fingerprint density at radius 1 is 1.43 bits per heavy atom. The number of nitrogens with one attached hydrogen (secondary N) is 3. The van der Waals surface area contributed by atoms with Crippen molar-refractivity contribution in [1.29, 1.82) is 0 Å². The predicted molar refractivity (Wildman–Crippen MR) is 97.1 cm³/mol. The van der Waals surface area contributed by atoms with E-state index in [0.29, 0.717) is 24.0 Å². The molecule has 126 valence electrons. The molecular formula is C16H25N5OS. The zero-order valence-electron chi connectivity index (χ0n) is 13.8. The first kappa shape index (κ1) is 17.6. The first-order valence-electron chi connectivity index (χ1n) is 7.97. The third-order valence-corrected chi connectivity index (χ3v) is 4.94. The fraction of sp³-hybridized carbons (Fsp3) is 0.562. The van der Waals surface area contributed by atoms with Gasteiger partial charge in [0.25, 0.3) is 0 Å². The highest BCUT2D eigenvalue weighted by Crippen LogP contribution is 2.25. The van der Waals surface area contributed by atoms with Crippen LogP contribution in [0.15, 0.2) is 23.2 Å². The van der Waals surface area contributed by atoms with Gasteiger partial charge in [0.15, 0.2) is 5.96 Å². The molecule has 1 aliphatic heterocycles. The van der Waals surface area contributed by atoms with Crippen molar-refractivity contribution in [3.63, 3.8) is 0 Å². The molecule has 0 bridgehead atoms. The van der Waals surface area contributed by atoms with Crippen LogP contribution in [0, 0.1) is 6.92 Å².